The molecule has 1 atom stereocenters. The minimum absolute atomic E-state index is 0.143. The molecule has 106 valence electrons. The second-order valence-electron chi connectivity index (χ2n) is 4.18. The zero-order chi connectivity index (χ0) is 14.6. The Bertz CT molecular complexity index is 458. The van der Waals surface area contributed by atoms with Crippen LogP contribution in [0.3, 0.4) is 0 Å². The van der Waals surface area contributed by atoms with Gasteiger partial charge in [0, 0.05) is 6.04 Å². The minimum atomic E-state index is -4.42. The van der Waals surface area contributed by atoms with Gasteiger partial charge in [-0.25, -0.2) is 0 Å². The van der Waals surface area contributed by atoms with Crippen molar-refractivity contribution in [2.45, 2.75) is 32.5 Å². The second kappa shape index (κ2) is 6.06. The van der Waals surface area contributed by atoms with Crippen LogP contribution in [0.1, 0.15) is 36.1 Å². The van der Waals surface area contributed by atoms with Crippen molar-refractivity contribution in [2.75, 3.05) is 6.61 Å². The van der Waals surface area contributed by atoms with Crippen LogP contribution in [-0.4, -0.2) is 12.6 Å². The van der Waals surface area contributed by atoms with Crippen molar-refractivity contribution in [1.82, 2.24) is 0 Å². The van der Waals surface area contributed by atoms with Crippen LogP contribution in [-0.2, 0) is 15.7 Å². The highest BCUT2D eigenvalue weighted by molar-refractivity contribution is 5.70. The molecule has 0 bridgehead atoms. The largest absolute Gasteiger partial charge is 0.466 e. The molecule has 3 nitrogen and oxygen atoms in total. The quantitative estimate of drug-likeness (QED) is 0.859. The number of ether oxygens (including phenoxy) is 1. The van der Waals surface area contributed by atoms with Crippen LogP contribution in [0.2, 0.25) is 0 Å². The first-order valence-corrected chi connectivity index (χ1v) is 5.84. The van der Waals surface area contributed by atoms with Crippen LogP contribution >= 0.6 is 0 Å². The third-order valence-corrected chi connectivity index (χ3v) is 2.70. The fraction of sp³-hybridized carbons (Fsp3) is 0.462. The summed E-state index contributed by atoms with van der Waals surface area (Å²) in [5, 5.41) is 0. The van der Waals surface area contributed by atoms with E-state index in [4.69, 9.17) is 10.5 Å². The number of carbonyl (C=O) groups is 1. The summed E-state index contributed by atoms with van der Waals surface area (Å²) in [7, 11) is 0. The Hall–Kier alpha value is -1.56. The first-order valence-electron chi connectivity index (χ1n) is 5.84. The molecular formula is C13H16F3NO2. The molecule has 1 aromatic carbocycles. The van der Waals surface area contributed by atoms with Gasteiger partial charge in [-0.1, -0.05) is 6.07 Å². The maximum absolute atomic E-state index is 12.6. The summed E-state index contributed by atoms with van der Waals surface area (Å²) >= 11 is 0. The summed E-state index contributed by atoms with van der Waals surface area (Å²) in [6, 6.07) is 2.53. The Morgan fingerprint density at radius 1 is 1.42 bits per heavy atom. The molecule has 0 fully saturated rings. The Morgan fingerprint density at radius 2 is 2.05 bits per heavy atom. The lowest BCUT2D eigenvalue weighted by atomic mass is 9.97. The van der Waals surface area contributed by atoms with Gasteiger partial charge in [0.1, 0.15) is 0 Å². The van der Waals surface area contributed by atoms with Crippen LogP contribution in [0.5, 0.6) is 0 Å². The Kier molecular flexibility index (Phi) is 4.94. The van der Waals surface area contributed by atoms with Crippen molar-refractivity contribution in [2.24, 2.45) is 5.73 Å². The van der Waals surface area contributed by atoms with Gasteiger partial charge in [-0.05, 0) is 37.1 Å². The van der Waals surface area contributed by atoms with E-state index in [1.54, 1.807) is 13.8 Å². The lowest BCUT2D eigenvalue weighted by Crippen LogP contribution is -2.19. The number of nitrogens with two attached hydrogens (primary N) is 1. The summed E-state index contributed by atoms with van der Waals surface area (Å²) < 4.78 is 42.6. The first-order chi connectivity index (χ1) is 8.75. The number of carbonyl (C=O) groups excluding carboxylic acids is 1. The molecule has 0 heterocycles. The topological polar surface area (TPSA) is 52.3 Å². The van der Waals surface area contributed by atoms with Crippen LogP contribution in [0.25, 0.3) is 0 Å². The molecular weight excluding hydrogens is 259 g/mol. The smallest absolute Gasteiger partial charge is 0.416 e. The van der Waals surface area contributed by atoms with Gasteiger partial charge < -0.3 is 10.5 Å². The summed E-state index contributed by atoms with van der Waals surface area (Å²) in [5.74, 6) is -0.521. The van der Waals surface area contributed by atoms with E-state index < -0.39 is 23.8 Å². The van der Waals surface area contributed by atoms with E-state index in [9.17, 15) is 18.0 Å². The van der Waals surface area contributed by atoms with Crippen LogP contribution in [0.15, 0.2) is 18.2 Å². The van der Waals surface area contributed by atoms with Gasteiger partial charge in [-0.15, -0.1) is 0 Å². The highest BCUT2D eigenvalue weighted by Crippen LogP contribution is 2.32. The van der Waals surface area contributed by atoms with Crippen molar-refractivity contribution in [3.63, 3.8) is 0 Å². The average molecular weight is 275 g/mol. The van der Waals surface area contributed by atoms with Crippen LogP contribution in [0.4, 0.5) is 13.2 Å². The van der Waals surface area contributed by atoms with Crippen molar-refractivity contribution in [1.29, 1.82) is 0 Å². The van der Waals surface area contributed by atoms with Crippen molar-refractivity contribution >= 4 is 5.97 Å². The number of hydrogen-bond donors (Lipinski definition) is 1. The molecule has 0 saturated heterocycles. The van der Waals surface area contributed by atoms with Gasteiger partial charge in [-0.3, -0.25) is 4.79 Å². The number of halogens is 3. The predicted molar refractivity (Wildman–Crippen MR) is 64.4 cm³/mol. The van der Waals surface area contributed by atoms with E-state index >= 15 is 0 Å². The summed E-state index contributed by atoms with van der Waals surface area (Å²) in [5.41, 5.74) is 5.92. The predicted octanol–water partition coefficient (Wildman–Crippen LogP) is 2.97. The molecule has 6 heteroatoms. The third-order valence-electron chi connectivity index (χ3n) is 2.70. The summed E-state index contributed by atoms with van der Waals surface area (Å²) in [6.45, 7) is 3.52. The van der Waals surface area contributed by atoms with E-state index in [-0.39, 0.29) is 13.0 Å². The molecule has 0 spiro atoms. The number of rotatable bonds is 4. The molecule has 19 heavy (non-hydrogen) atoms. The molecule has 0 saturated carbocycles. The molecule has 0 aliphatic carbocycles. The zero-order valence-electron chi connectivity index (χ0n) is 10.8. The fourth-order valence-corrected chi connectivity index (χ4v) is 1.73. The van der Waals surface area contributed by atoms with Gasteiger partial charge in [0.05, 0.1) is 18.6 Å². The normalized spacial score (nSPS) is 13.2. The summed E-state index contributed by atoms with van der Waals surface area (Å²) in [6.07, 6.45) is -4.57. The highest BCUT2D eigenvalue weighted by atomic mass is 19.4. The number of alkyl halides is 3. The molecule has 0 aliphatic rings. The lowest BCUT2D eigenvalue weighted by Gasteiger charge is -2.16. The van der Waals surface area contributed by atoms with E-state index in [0.29, 0.717) is 11.1 Å². The minimum Gasteiger partial charge on any atom is -0.466 e. The van der Waals surface area contributed by atoms with Crippen molar-refractivity contribution < 1.29 is 22.7 Å². The summed E-state index contributed by atoms with van der Waals surface area (Å²) in [4.78, 5) is 11.3. The van der Waals surface area contributed by atoms with Gasteiger partial charge in [-0.2, -0.15) is 13.2 Å². The van der Waals surface area contributed by atoms with Crippen LogP contribution < -0.4 is 5.73 Å². The molecule has 0 aliphatic heterocycles. The maximum atomic E-state index is 12.6. The molecule has 1 aromatic rings. The van der Waals surface area contributed by atoms with Gasteiger partial charge in [0.15, 0.2) is 0 Å². The zero-order valence-corrected chi connectivity index (χ0v) is 10.8. The first kappa shape index (κ1) is 15.5. The monoisotopic (exact) mass is 275 g/mol. The maximum Gasteiger partial charge on any atom is 0.416 e. The van der Waals surface area contributed by atoms with E-state index in [1.165, 1.54) is 6.07 Å². The molecule has 2 N–H and O–H groups in total. The standard InChI is InChI=1S/C13H16F3NO2/c1-3-19-12(18)7-11(17)10-6-9(13(14,15)16)5-4-8(10)2/h4-6,11H,3,7,17H2,1-2H3/t11-/m0/s1. The highest BCUT2D eigenvalue weighted by Gasteiger charge is 2.31. The van der Waals surface area contributed by atoms with Gasteiger partial charge >= 0.3 is 12.1 Å². The van der Waals surface area contributed by atoms with E-state index in [0.717, 1.165) is 12.1 Å². The van der Waals surface area contributed by atoms with E-state index in [2.05, 4.69) is 0 Å². The Morgan fingerprint density at radius 3 is 2.58 bits per heavy atom. The Balaban J connectivity index is 2.96. The molecule has 0 amide bonds. The number of benzene rings is 1. The number of esters is 1. The average Bonchev–Trinajstić information content (AvgIpc) is 2.27. The SMILES string of the molecule is CCOC(=O)C[C@H](N)c1cc(C(F)(F)F)ccc1C. The molecule has 0 aromatic heterocycles. The lowest BCUT2D eigenvalue weighted by molar-refractivity contribution is -0.143. The number of aryl methyl sites for hydroxylation is 1. The van der Waals surface area contributed by atoms with E-state index in [1.807, 2.05) is 0 Å². The molecule has 1 rings (SSSR count). The van der Waals surface area contributed by atoms with Gasteiger partial charge in [0.2, 0.25) is 0 Å². The number of hydrogen-bond acceptors (Lipinski definition) is 3. The Labute approximate surface area is 109 Å². The van der Waals surface area contributed by atoms with Crippen LogP contribution in [0, 0.1) is 6.92 Å². The van der Waals surface area contributed by atoms with Crippen molar-refractivity contribution in [3.8, 4) is 0 Å². The van der Waals surface area contributed by atoms with Crippen molar-refractivity contribution in [3.05, 3.63) is 34.9 Å². The second-order valence-corrected chi connectivity index (χ2v) is 4.18. The molecule has 0 radical (unpaired) electrons. The van der Waals surface area contributed by atoms with Gasteiger partial charge in [0.25, 0.3) is 0 Å². The fourth-order valence-electron chi connectivity index (χ4n) is 1.73. The molecule has 0 unspecified atom stereocenters. The third kappa shape index (κ3) is 4.24.